The Morgan fingerprint density at radius 2 is 2.22 bits per heavy atom. The lowest BCUT2D eigenvalue weighted by atomic mass is 10.1. The molecule has 0 fully saturated rings. The summed E-state index contributed by atoms with van der Waals surface area (Å²) >= 11 is 0. The fourth-order valence-electron chi connectivity index (χ4n) is 2.09. The van der Waals surface area contributed by atoms with Crippen LogP contribution in [0.25, 0.3) is 0 Å². The largest absolute Gasteiger partial charge is 0.336 e. The van der Waals surface area contributed by atoms with Crippen molar-refractivity contribution in [2.75, 3.05) is 0 Å². The fraction of sp³-hybridized carbons (Fsp3) is 0.500. The van der Waals surface area contributed by atoms with E-state index in [2.05, 4.69) is 35.4 Å². The van der Waals surface area contributed by atoms with E-state index in [0.29, 0.717) is 0 Å². The summed E-state index contributed by atoms with van der Waals surface area (Å²) in [6.07, 6.45) is 4.60. The number of aryl methyl sites for hydroxylation is 3. The molecule has 6 heteroatoms. The van der Waals surface area contributed by atoms with Crippen LogP contribution in [0.4, 0.5) is 0 Å². The van der Waals surface area contributed by atoms with Gasteiger partial charge in [0.1, 0.15) is 11.9 Å². The Morgan fingerprint density at radius 3 is 2.72 bits per heavy atom. The Labute approximate surface area is 107 Å². The molecule has 0 spiro atoms. The van der Waals surface area contributed by atoms with Crippen LogP contribution in [0.3, 0.4) is 0 Å². The van der Waals surface area contributed by atoms with Gasteiger partial charge in [-0.15, -0.1) is 0 Å². The Morgan fingerprint density at radius 1 is 1.44 bits per heavy atom. The van der Waals surface area contributed by atoms with Crippen molar-refractivity contribution in [3.63, 3.8) is 0 Å². The van der Waals surface area contributed by atoms with E-state index in [9.17, 15) is 0 Å². The second-order valence-corrected chi connectivity index (χ2v) is 4.23. The highest BCUT2D eigenvalue weighted by Crippen LogP contribution is 2.20. The zero-order chi connectivity index (χ0) is 13.1. The number of nitrogens with two attached hydrogens (primary N) is 1. The molecule has 0 bridgehead atoms. The van der Waals surface area contributed by atoms with E-state index in [0.717, 1.165) is 30.2 Å². The molecule has 1 atom stereocenters. The molecular weight excluding hydrogens is 228 g/mol. The summed E-state index contributed by atoms with van der Waals surface area (Å²) in [5.74, 6) is 6.58. The summed E-state index contributed by atoms with van der Waals surface area (Å²) in [6.45, 7) is 4.98. The van der Waals surface area contributed by atoms with Crippen LogP contribution in [0.15, 0.2) is 18.5 Å². The first-order valence-corrected chi connectivity index (χ1v) is 6.21. The van der Waals surface area contributed by atoms with Crippen LogP contribution in [-0.2, 0) is 20.0 Å². The highest BCUT2D eigenvalue weighted by molar-refractivity contribution is 5.21. The summed E-state index contributed by atoms with van der Waals surface area (Å²) in [6, 6.07) is 1.95. The average molecular weight is 248 g/mol. The first kappa shape index (κ1) is 12.8. The van der Waals surface area contributed by atoms with Gasteiger partial charge in [0.15, 0.2) is 0 Å². The maximum absolute atomic E-state index is 5.69. The number of nitrogens with zero attached hydrogens (tertiary/aromatic N) is 4. The van der Waals surface area contributed by atoms with Gasteiger partial charge < -0.3 is 4.57 Å². The van der Waals surface area contributed by atoms with Crippen LogP contribution in [0.5, 0.6) is 0 Å². The Hall–Kier alpha value is -1.66. The minimum absolute atomic E-state index is 0.141. The molecular formula is C12H20N6. The van der Waals surface area contributed by atoms with Crippen LogP contribution in [0.1, 0.15) is 37.1 Å². The first-order chi connectivity index (χ1) is 8.71. The Kier molecular flexibility index (Phi) is 3.78. The van der Waals surface area contributed by atoms with Gasteiger partial charge in [0.05, 0.1) is 11.4 Å². The van der Waals surface area contributed by atoms with Crippen LogP contribution < -0.4 is 11.3 Å². The zero-order valence-corrected chi connectivity index (χ0v) is 11.1. The Bertz CT molecular complexity index is 512. The predicted molar refractivity (Wildman–Crippen MR) is 69.7 cm³/mol. The summed E-state index contributed by atoms with van der Waals surface area (Å²) in [5, 5.41) is 4.54. The molecule has 1 unspecified atom stereocenters. The lowest BCUT2D eigenvalue weighted by Gasteiger charge is -2.16. The topological polar surface area (TPSA) is 73.7 Å². The quantitative estimate of drug-likeness (QED) is 0.605. The van der Waals surface area contributed by atoms with Gasteiger partial charge in [-0.25, -0.2) is 10.4 Å². The molecule has 0 aliphatic rings. The molecule has 2 aromatic rings. The van der Waals surface area contributed by atoms with Gasteiger partial charge in [-0.3, -0.25) is 10.5 Å². The molecule has 0 aromatic carbocycles. The van der Waals surface area contributed by atoms with Crippen molar-refractivity contribution in [1.29, 1.82) is 0 Å². The van der Waals surface area contributed by atoms with E-state index in [1.165, 1.54) is 0 Å². The number of aromatic nitrogens is 4. The second kappa shape index (κ2) is 5.32. The third-order valence-corrected chi connectivity index (χ3v) is 3.10. The van der Waals surface area contributed by atoms with Gasteiger partial charge in [0.2, 0.25) is 0 Å². The van der Waals surface area contributed by atoms with E-state index in [1.54, 1.807) is 6.20 Å². The summed E-state index contributed by atoms with van der Waals surface area (Å²) in [7, 11) is 1.96. The summed E-state index contributed by atoms with van der Waals surface area (Å²) < 4.78 is 3.93. The molecule has 2 aromatic heterocycles. The standard InChI is InChI=1S/C12H20N6/c1-4-9-8-10(18(5-2)16-9)11(15-13)12-14-6-7-17(12)3/h6-8,11,15H,4-5,13H2,1-3H3. The number of rotatable bonds is 5. The molecule has 0 amide bonds. The molecule has 0 saturated heterocycles. The molecule has 2 rings (SSSR count). The van der Waals surface area contributed by atoms with Gasteiger partial charge in [0.25, 0.3) is 0 Å². The molecule has 0 aliphatic carbocycles. The second-order valence-electron chi connectivity index (χ2n) is 4.23. The highest BCUT2D eigenvalue weighted by Gasteiger charge is 2.21. The van der Waals surface area contributed by atoms with Crippen molar-refractivity contribution in [3.8, 4) is 0 Å². The number of imidazole rings is 1. The SMILES string of the molecule is CCc1cc(C(NN)c2nccn2C)n(CC)n1. The van der Waals surface area contributed by atoms with E-state index in [-0.39, 0.29) is 6.04 Å². The highest BCUT2D eigenvalue weighted by atomic mass is 15.3. The minimum atomic E-state index is -0.141. The van der Waals surface area contributed by atoms with E-state index < -0.39 is 0 Å². The lowest BCUT2D eigenvalue weighted by Crippen LogP contribution is -2.32. The van der Waals surface area contributed by atoms with Gasteiger partial charge in [-0.2, -0.15) is 5.10 Å². The summed E-state index contributed by atoms with van der Waals surface area (Å²) in [5.41, 5.74) is 4.95. The monoisotopic (exact) mass is 248 g/mol. The molecule has 2 heterocycles. The normalized spacial score (nSPS) is 12.9. The summed E-state index contributed by atoms with van der Waals surface area (Å²) in [4.78, 5) is 4.35. The predicted octanol–water partition coefficient (Wildman–Crippen LogP) is 0.752. The number of hydrazine groups is 1. The molecule has 0 radical (unpaired) electrons. The maximum Gasteiger partial charge on any atom is 0.133 e. The van der Waals surface area contributed by atoms with Crippen LogP contribution in [-0.4, -0.2) is 19.3 Å². The zero-order valence-electron chi connectivity index (χ0n) is 11.1. The molecule has 98 valence electrons. The lowest BCUT2D eigenvalue weighted by molar-refractivity contribution is 0.513. The average Bonchev–Trinajstić information content (AvgIpc) is 2.98. The van der Waals surface area contributed by atoms with E-state index in [1.807, 2.05) is 22.5 Å². The molecule has 18 heavy (non-hydrogen) atoms. The van der Waals surface area contributed by atoms with Gasteiger partial charge in [0, 0.05) is 26.0 Å². The van der Waals surface area contributed by atoms with Crippen molar-refractivity contribution < 1.29 is 0 Å². The van der Waals surface area contributed by atoms with Crippen LogP contribution in [0, 0.1) is 0 Å². The maximum atomic E-state index is 5.69. The molecule has 3 N–H and O–H groups in total. The van der Waals surface area contributed by atoms with Crippen LogP contribution in [0.2, 0.25) is 0 Å². The third-order valence-electron chi connectivity index (χ3n) is 3.10. The van der Waals surface area contributed by atoms with Crippen molar-refractivity contribution >= 4 is 0 Å². The third kappa shape index (κ3) is 2.16. The van der Waals surface area contributed by atoms with Gasteiger partial charge in [-0.1, -0.05) is 6.92 Å². The Balaban J connectivity index is 2.44. The molecule has 6 nitrogen and oxygen atoms in total. The van der Waals surface area contributed by atoms with E-state index in [4.69, 9.17) is 5.84 Å². The van der Waals surface area contributed by atoms with Crippen molar-refractivity contribution in [3.05, 3.63) is 35.7 Å². The minimum Gasteiger partial charge on any atom is -0.336 e. The van der Waals surface area contributed by atoms with E-state index >= 15 is 0 Å². The van der Waals surface area contributed by atoms with Crippen molar-refractivity contribution in [1.82, 2.24) is 24.8 Å². The van der Waals surface area contributed by atoms with Crippen molar-refractivity contribution in [2.45, 2.75) is 32.9 Å². The number of nitrogens with one attached hydrogen (secondary N) is 1. The number of hydrogen-bond donors (Lipinski definition) is 2. The van der Waals surface area contributed by atoms with Crippen LogP contribution >= 0.6 is 0 Å². The van der Waals surface area contributed by atoms with Gasteiger partial charge >= 0.3 is 0 Å². The van der Waals surface area contributed by atoms with Crippen molar-refractivity contribution in [2.24, 2.45) is 12.9 Å². The first-order valence-electron chi connectivity index (χ1n) is 6.21. The fourth-order valence-corrected chi connectivity index (χ4v) is 2.09. The molecule has 0 saturated carbocycles. The smallest absolute Gasteiger partial charge is 0.133 e. The molecule has 0 aliphatic heterocycles. The number of hydrogen-bond acceptors (Lipinski definition) is 4. The van der Waals surface area contributed by atoms with Gasteiger partial charge in [-0.05, 0) is 19.4 Å².